The number of fused-ring (bicyclic) bond motifs is 1. The van der Waals surface area contributed by atoms with Gasteiger partial charge in [-0.25, -0.2) is 24.2 Å². The second-order valence-corrected chi connectivity index (χ2v) is 8.10. The summed E-state index contributed by atoms with van der Waals surface area (Å²) >= 11 is 0. The first kappa shape index (κ1) is 29.2. The van der Waals surface area contributed by atoms with Crippen molar-refractivity contribution in [3.05, 3.63) is 34.9 Å². The topological polar surface area (TPSA) is 174 Å². The van der Waals surface area contributed by atoms with Gasteiger partial charge >= 0.3 is 30.1 Å². The SMILES string of the molecule is NCCc1cccc2c1C2(OOCC(=O)O)C(=O)OC(=O)CCC1CCNCC1.O=C(O)C(F)(F)F. The third kappa shape index (κ3) is 7.71. The van der Waals surface area contributed by atoms with Crippen molar-refractivity contribution in [1.82, 2.24) is 5.32 Å². The Balaban J connectivity index is 0.000000572. The van der Waals surface area contributed by atoms with Gasteiger partial charge in [0.05, 0.1) is 0 Å². The van der Waals surface area contributed by atoms with Crippen LogP contribution in [0.25, 0.3) is 0 Å². The number of rotatable bonds is 10. The number of carbonyl (C=O) groups excluding carboxylic acids is 2. The standard InChI is InChI=1S/C20H26N2O7.C2HF3O2/c21-9-6-14-2-1-3-15-18(14)20(15,29-27-12-16(23)24)19(26)28-17(25)5-4-13-7-10-22-11-8-13;3-2(4,5)1(6)7/h1-3,13,22H,4-12,21H2,(H,23,24);(H,6,7). The van der Waals surface area contributed by atoms with E-state index in [0.717, 1.165) is 31.5 Å². The van der Waals surface area contributed by atoms with Gasteiger partial charge in [0.1, 0.15) is 0 Å². The quantitative estimate of drug-likeness (QED) is 0.151. The maximum atomic E-state index is 12.8. The van der Waals surface area contributed by atoms with Crippen molar-refractivity contribution in [2.45, 2.75) is 43.9 Å². The van der Waals surface area contributed by atoms with Gasteiger partial charge in [-0.15, -0.1) is 0 Å². The van der Waals surface area contributed by atoms with Crippen LogP contribution in [0.5, 0.6) is 0 Å². The maximum absolute atomic E-state index is 12.8. The third-order valence-electron chi connectivity index (χ3n) is 5.55. The zero-order valence-electron chi connectivity index (χ0n) is 19.1. The van der Waals surface area contributed by atoms with E-state index in [4.69, 9.17) is 35.3 Å². The first-order valence-corrected chi connectivity index (χ1v) is 11.0. The average molecular weight is 520 g/mol. The van der Waals surface area contributed by atoms with E-state index in [1.54, 1.807) is 18.2 Å². The zero-order valence-corrected chi connectivity index (χ0v) is 19.1. The summed E-state index contributed by atoms with van der Waals surface area (Å²) in [7, 11) is 0. The summed E-state index contributed by atoms with van der Waals surface area (Å²) in [4.78, 5) is 54.7. The molecule has 14 heteroatoms. The minimum atomic E-state index is -5.08. The number of hydrogen-bond donors (Lipinski definition) is 4. The second kappa shape index (κ2) is 12.8. The van der Waals surface area contributed by atoms with E-state index in [2.05, 4.69) is 5.32 Å². The molecular weight excluding hydrogens is 493 g/mol. The average Bonchev–Trinajstić information content (AvgIpc) is 3.48. The molecule has 1 aliphatic heterocycles. The molecule has 0 bridgehead atoms. The fourth-order valence-electron chi connectivity index (χ4n) is 3.81. The summed E-state index contributed by atoms with van der Waals surface area (Å²) in [6.07, 6.45) is -1.82. The molecule has 36 heavy (non-hydrogen) atoms. The van der Waals surface area contributed by atoms with Gasteiger partial charge in [-0.1, -0.05) is 18.2 Å². The van der Waals surface area contributed by atoms with Crippen molar-refractivity contribution in [3.63, 3.8) is 0 Å². The first-order chi connectivity index (χ1) is 16.9. The largest absolute Gasteiger partial charge is 0.490 e. The highest BCUT2D eigenvalue weighted by Crippen LogP contribution is 2.54. The summed E-state index contributed by atoms with van der Waals surface area (Å²) in [5.41, 5.74) is 5.69. The summed E-state index contributed by atoms with van der Waals surface area (Å²) in [5, 5.41) is 19.2. The number of ether oxygens (including phenoxy) is 1. The van der Waals surface area contributed by atoms with Crippen LogP contribution in [0.1, 0.15) is 42.4 Å². The molecule has 1 fully saturated rings. The molecule has 2 aliphatic rings. The fourth-order valence-corrected chi connectivity index (χ4v) is 3.81. The Morgan fingerprint density at radius 2 is 1.78 bits per heavy atom. The number of esters is 2. The molecule has 1 aromatic rings. The smallest absolute Gasteiger partial charge is 0.479 e. The molecule has 1 aliphatic carbocycles. The lowest BCUT2D eigenvalue weighted by Crippen LogP contribution is -2.32. The molecule has 5 N–H and O–H groups in total. The predicted octanol–water partition coefficient (Wildman–Crippen LogP) is 1.26. The fraction of sp³-hybridized carbons (Fsp3) is 0.545. The van der Waals surface area contributed by atoms with Crippen LogP contribution in [0.15, 0.2) is 18.2 Å². The molecule has 1 unspecified atom stereocenters. The number of carboxylic acid groups (broad SMARTS) is 2. The lowest BCUT2D eigenvalue weighted by molar-refractivity contribution is -0.333. The Morgan fingerprint density at radius 1 is 1.14 bits per heavy atom. The van der Waals surface area contributed by atoms with E-state index >= 15 is 0 Å². The molecule has 0 saturated carbocycles. The normalized spacial score (nSPS) is 18.9. The van der Waals surface area contributed by atoms with E-state index in [-0.39, 0.29) is 6.42 Å². The maximum Gasteiger partial charge on any atom is 0.490 e. The Labute approximate surface area is 203 Å². The van der Waals surface area contributed by atoms with Crippen LogP contribution in [0.2, 0.25) is 0 Å². The molecule has 0 spiro atoms. The van der Waals surface area contributed by atoms with Crippen LogP contribution >= 0.6 is 0 Å². The van der Waals surface area contributed by atoms with Crippen molar-refractivity contribution >= 4 is 23.9 Å². The van der Waals surface area contributed by atoms with Crippen LogP contribution in [0.3, 0.4) is 0 Å². The summed E-state index contributed by atoms with van der Waals surface area (Å²) in [5.74, 6) is -5.13. The monoisotopic (exact) mass is 520 g/mol. The Kier molecular flexibility index (Phi) is 10.3. The number of benzene rings is 1. The number of hydrogen-bond acceptors (Lipinski definition) is 9. The van der Waals surface area contributed by atoms with E-state index in [1.807, 2.05) is 0 Å². The summed E-state index contributed by atoms with van der Waals surface area (Å²) in [6, 6.07) is 5.18. The Hall–Kier alpha value is -3.07. The van der Waals surface area contributed by atoms with Gasteiger partial charge in [-0.2, -0.15) is 13.2 Å². The van der Waals surface area contributed by atoms with Crippen LogP contribution in [0, 0.1) is 5.92 Å². The second-order valence-electron chi connectivity index (χ2n) is 8.10. The van der Waals surface area contributed by atoms with Crippen molar-refractivity contribution in [1.29, 1.82) is 0 Å². The zero-order chi connectivity index (χ0) is 26.9. The van der Waals surface area contributed by atoms with Gasteiger partial charge in [-0.3, -0.25) is 4.79 Å². The molecule has 200 valence electrons. The number of nitrogens with one attached hydrogen (secondary N) is 1. The van der Waals surface area contributed by atoms with Crippen molar-refractivity contribution < 1.29 is 57.1 Å². The highest BCUT2D eigenvalue weighted by molar-refractivity contribution is 6.00. The number of piperidine rings is 1. The van der Waals surface area contributed by atoms with Gasteiger partial charge in [0.25, 0.3) is 5.60 Å². The molecule has 0 amide bonds. The summed E-state index contributed by atoms with van der Waals surface area (Å²) < 4.78 is 36.8. The molecule has 11 nitrogen and oxygen atoms in total. The predicted molar refractivity (Wildman–Crippen MR) is 114 cm³/mol. The van der Waals surface area contributed by atoms with Crippen LogP contribution in [-0.4, -0.2) is 66.5 Å². The molecule has 1 saturated heterocycles. The molecule has 1 heterocycles. The van der Waals surface area contributed by atoms with Gasteiger partial charge in [0.2, 0.25) is 0 Å². The minimum Gasteiger partial charge on any atom is -0.479 e. The number of nitrogens with two attached hydrogens (primary N) is 1. The van der Waals surface area contributed by atoms with Crippen LogP contribution < -0.4 is 11.1 Å². The molecule has 1 atom stereocenters. The van der Waals surface area contributed by atoms with Crippen molar-refractivity contribution in [2.24, 2.45) is 11.7 Å². The van der Waals surface area contributed by atoms with Crippen LogP contribution in [-0.2, 0) is 45.7 Å². The number of carbonyl (C=O) groups is 4. The molecule has 1 aromatic carbocycles. The molecular formula is C22H27F3N2O9. The highest BCUT2D eigenvalue weighted by atomic mass is 19.4. The van der Waals surface area contributed by atoms with E-state index in [0.29, 0.717) is 36.4 Å². The first-order valence-electron chi connectivity index (χ1n) is 11.0. The number of carboxylic acids is 2. The van der Waals surface area contributed by atoms with Gasteiger partial charge in [0, 0.05) is 17.5 Å². The molecule has 0 radical (unpaired) electrons. The van der Waals surface area contributed by atoms with E-state index in [1.165, 1.54) is 0 Å². The third-order valence-corrected chi connectivity index (χ3v) is 5.55. The summed E-state index contributed by atoms with van der Waals surface area (Å²) in [6.45, 7) is 1.46. The Morgan fingerprint density at radius 3 is 2.33 bits per heavy atom. The van der Waals surface area contributed by atoms with E-state index < -0.39 is 42.3 Å². The van der Waals surface area contributed by atoms with Gasteiger partial charge in [0.15, 0.2) is 6.61 Å². The molecule has 0 aromatic heterocycles. The number of halogens is 3. The number of aliphatic carboxylic acids is 2. The molecule has 3 rings (SSSR count). The van der Waals surface area contributed by atoms with Gasteiger partial charge < -0.3 is 26.0 Å². The highest BCUT2D eigenvalue weighted by Gasteiger charge is 2.63. The Bertz CT molecular complexity index is 965. The number of alkyl halides is 3. The lowest BCUT2D eigenvalue weighted by atomic mass is 9.93. The lowest BCUT2D eigenvalue weighted by Gasteiger charge is -2.22. The van der Waals surface area contributed by atoms with Gasteiger partial charge in [-0.05, 0) is 56.8 Å². The van der Waals surface area contributed by atoms with Crippen LogP contribution in [0.4, 0.5) is 13.2 Å². The minimum absolute atomic E-state index is 0.133. The van der Waals surface area contributed by atoms with E-state index in [9.17, 15) is 27.6 Å². The van der Waals surface area contributed by atoms with Crippen molar-refractivity contribution in [2.75, 3.05) is 26.2 Å². The van der Waals surface area contributed by atoms with Crippen molar-refractivity contribution in [3.8, 4) is 0 Å².